The van der Waals surface area contributed by atoms with E-state index < -0.39 is 0 Å². The number of aliphatic hydroxyl groups is 1. The van der Waals surface area contributed by atoms with Crippen LogP contribution >= 0.6 is 0 Å². The van der Waals surface area contributed by atoms with Crippen molar-refractivity contribution in [3.8, 4) is 0 Å². The summed E-state index contributed by atoms with van der Waals surface area (Å²) in [7, 11) is 0. The van der Waals surface area contributed by atoms with E-state index in [0.29, 0.717) is 5.92 Å². The van der Waals surface area contributed by atoms with Gasteiger partial charge in [0.1, 0.15) is 0 Å². The zero-order valence-corrected chi connectivity index (χ0v) is 36.1. The monoisotopic (exact) mass is 736 g/mol. The highest BCUT2D eigenvalue weighted by Crippen LogP contribution is 2.27. The van der Waals surface area contributed by atoms with Gasteiger partial charge < -0.3 is 19.5 Å². The highest BCUT2D eigenvalue weighted by atomic mass is 16.5. The average Bonchev–Trinajstić information content (AvgIpc) is 3.16. The van der Waals surface area contributed by atoms with E-state index in [4.69, 9.17) is 9.47 Å². The maximum atomic E-state index is 11.2. The lowest BCUT2D eigenvalue weighted by molar-refractivity contribution is 0.0463. The van der Waals surface area contributed by atoms with Gasteiger partial charge in [-0.05, 0) is 82.7 Å². The number of nitrogens with zero attached hydrogens (tertiary/aromatic N) is 1. The summed E-state index contributed by atoms with van der Waals surface area (Å²) in [5.74, 6) is 1.30. The van der Waals surface area contributed by atoms with E-state index in [2.05, 4.69) is 25.7 Å². The van der Waals surface area contributed by atoms with Gasteiger partial charge in [0, 0.05) is 33.0 Å². The van der Waals surface area contributed by atoms with Crippen molar-refractivity contribution in [2.24, 2.45) is 11.8 Å². The lowest BCUT2D eigenvalue weighted by Gasteiger charge is -2.31. The van der Waals surface area contributed by atoms with Crippen LogP contribution in [0.2, 0.25) is 0 Å². The molecule has 2 atom stereocenters. The third kappa shape index (κ3) is 33.2. The molecule has 4 heteroatoms. The Hall–Kier alpha value is -0.160. The van der Waals surface area contributed by atoms with Crippen molar-refractivity contribution in [2.45, 2.75) is 252 Å². The van der Waals surface area contributed by atoms with Crippen molar-refractivity contribution >= 4 is 0 Å². The van der Waals surface area contributed by atoms with E-state index in [9.17, 15) is 5.11 Å². The number of hydrogen-bond acceptors (Lipinski definition) is 4. The van der Waals surface area contributed by atoms with Crippen LogP contribution in [0.15, 0.2) is 0 Å². The molecule has 0 aliphatic heterocycles. The number of rotatable bonds is 42. The third-order valence-corrected chi connectivity index (χ3v) is 12.1. The summed E-state index contributed by atoms with van der Waals surface area (Å²) in [5, 5.41) is 11.2. The van der Waals surface area contributed by atoms with Gasteiger partial charge in [-0.1, -0.05) is 188 Å². The Morgan fingerprint density at radius 1 is 0.462 bits per heavy atom. The minimum Gasteiger partial charge on any atom is -0.392 e. The normalized spacial score (nSPS) is 15.2. The first kappa shape index (κ1) is 49.9. The third-order valence-electron chi connectivity index (χ3n) is 12.1. The lowest BCUT2D eigenvalue weighted by Crippen LogP contribution is -2.38. The molecule has 0 aromatic carbocycles. The van der Waals surface area contributed by atoms with Gasteiger partial charge in [0.2, 0.25) is 0 Å². The Morgan fingerprint density at radius 2 is 0.846 bits per heavy atom. The summed E-state index contributed by atoms with van der Waals surface area (Å²) in [6.45, 7) is 14.0. The van der Waals surface area contributed by atoms with Gasteiger partial charge in [-0.2, -0.15) is 0 Å². The predicted octanol–water partition coefficient (Wildman–Crippen LogP) is 14.6. The van der Waals surface area contributed by atoms with E-state index in [1.807, 2.05) is 0 Å². The predicted molar refractivity (Wildman–Crippen MR) is 230 cm³/mol. The van der Waals surface area contributed by atoms with Crippen molar-refractivity contribution in [1.82, 2.24) is 4.90 Å². The van der Waals surface area contributed by atoms with Gasteiger partial charge in [0.15, 0.2) is 0 Å². The lowest BCUT2D eigenvalue weighted by atomic mass is 9.85. The molecule has 1 aliphatic rings. The molecular formula is C48H97NO3. The standard InChI is InChI=1S/C48H97NO3/c1-4-7-10-13-15-16-17-23-33-41-51-42-34-24-22-31-40-49(44-48(50)47-37-28-25-29-38-47)39-30-21-18-20-27-36-46(35-26-19-14-11-8-5-2)45-52-43-32-12-9-6-3/h46-48,50H,4-45H2,1-3H3. The van der Waals surface area contributed by atoms with E-state index >= 15 is 0 Å². The zero-order chi connectivity index (χ0) is 37.4. The largest absolute Gasteiger partial charge is 0.392 e. The SMILES string of the molecule is CCCCCCCCCCCOCCCCCCN(CCCCCCCC(CCCCCCCC)COCCCCCC)CC(O)C1CCCCC1. The van der Waals surface area contributed by atoms with Crippen LogP contribution in [0, 0.1) is 11.8 Å². The van der Waals surface area contributed by atoms with E-state index in [1.54, 1.807) is 0 Å². The molecule has 4 nitrogen and oxygen atoms in total. The topological polar surface area (TPSA) is 41.9 Å². The number of ether oxygens (including phenoxy) is 2. The van der Waals surface area contributed by atoms with Crippen LogP contribution in [0.3, 0.4) is 0 Å². The molecule has 1 fully saturated rings. The van der Waals surface area contributed by atoms with Gasteiger partial charge in [-0.15, -0.1) is 0 Å². The molecule has 1 saturated carbocycles. The summed E-state index contributed by atoms with van der Waals surface area (Å²) < 4.78 is 12.2. The first-order valence-electron chi connectivity index (χ1n) is 24.3. The van der Waals surface area contributed by atoms with Gasteiger partial charge >= 0.3 is 0 Å². The molecule has 0 aromatic heterocycles. The highest BCUT2D eigenvalue weighted by molar-refractivity contribution is 4.76. The summed E-state index contributed by atoms with van der Waals surface area (Å²) in [4.78, 5) is 2.63. The molecule has 0 saturated heterocycles. The second-order valence-electron chi connectivity index (χ2n) is 17.2. The van der Waals surface area contributed by atoms with Crippen LogP contribution in [0.5, 0.6) is 0 Å². The minimum atomic E-state index is -0.132. The molecule has 312 valence electrons. The number of aliphatic hydroxyl groups excluding tert-OH is 1. The van der Waals surface area contributed by atoms with E-state index in [0.717, 1.165) is 52.0 Å². The van der Waals surface area contributed by atoms with Gasteiger partial charge in [0.05, 0.1) is 6.10 Å². The number of hydrogen-bond donors (Lipinski definition) is 1. The number of unbranched alkanes of at least 4 members (excludes halogenated alkanes) is 23. The fourth-order valence-electron chi connectivity index (χ4n) is 8.44. The summed E-state index contributed by atoms with van der Waals surface area (Å²) >= 11 is 0. The van der Waals surface area contributed by atoms with Crippen molar-refractivity contribution in [2.75, 3.05) is 46.1 Å². The maximum Gasteiger partial charge on any atom is 0.0695 e. The van der Waals surface area contributed by atoms with Crippen molar-refractivity contribution in [1.29, 1.82) is 0 Å². The summed E-state index contributed by atoms with van der Waals surface area (Å²) in [5.41, 5.74) is 0. The molecular weight excluding hydrogens is 639 g/mol. The Kier molecular flexibility index (Phi) is 38.8. The smallest absolute Gasteiger partial charge is 0.0695 e. The summed E-state index contributed by atoms with van der Waals surface area (Å²) in [6.07, 6.45) is 46.8. The average molecular weight is 736 g/mol. The maximum absolute atomic E-state index is 11.2. The fraction of sp³-hybridized carbons (Fsp3) is 1.00. The van der Waals surface area contributed by atoms with E-state index in [-0.39, 0.29) is 6.10 Å². The second-order valence-corrected chi connectivity index (χ2v) is 17.2. The van der Waals surface area contributed by atoms with Gasteiger partial charge in [-0.3, -0.25) is 0 Å². The molecule has 0 aromatic rings. The fourth-order valence-corrected chi connectivity index (χ4v) is 8.44. The van der Waals surface area contributed by atoms with Crippen LogP contribution in [-0.2, 0) is 9.47 Å². The Balaban J connectivity index is 2.25. The van der Waals surface area contributed by atoms with Crippen LogP contribution in [-0.4, -0.2) is 62.2 Å². The van der Waals surface area contributed by atoms with Crippen molar-refractivity contribution in [3.05, 3.63) is 0 Å². The van der Waals surface area contributed by atoms with Crippen LogP contribution in [0.4, 0.5) is 0 Å². The van der Waals surface area contributed by atoms with E-state index in [1.165, 1.54) is 225 Å². The molecule has 52 heavy (non-hydrogen) atoms. The Bertz CT molecular complexity index is 652. The quantitative estimate of drug-likeness (QED) is 0.0634. The first-order chi connectivity index (χ1) is 25.7. The molecule has 0 amide bonds. The Labute approximate surface area is 328 Å². The Morgan fingerprint density at radius 3 is 1.33 bits per heavy atom. The van der Waals surface area contributed by atoms with Gasteiger partial charge in [-0.25, -0.2) is 0 Å². The highest BCUT2D eigenvalue weighted by Gasteiger charge is 2.23. The van der Waals surface area contributed by atoms with Crippen LogP contribution in [0.25, 0.3) is 0 Å². The van der Waals surface area contributed by atoms with Crippen LogP contribution < -0.4 is 0 Å². The first-order valence-corrected chi connectivity index (χ1v) is 24.3. The molecule has 1 N–H and O–H groups in total. The molecule has 1 rings (SSSR count). The molecule has 2 unspecified atom stereocenters. The van der Waals surface area contributed by atoms with Crippen molar-refractivity contribution in [3.63, 3.8) is 0 Å². The molecule has 1 aliphatic carbocycles. The molecule has 0 spiro atoms. The zero-order valence-electron chi connectivity index (χ0n) is 36.1. The van der Waals surface area contributed by atoms with Gasteiger partial charge in [0.25, 0.3) is 0 Å². The second kappa shape index (κ2) is 40.5. The minimum absolute atomic E-state index is 0.132. The van der Waals surface area contributed by atoms with Crippen molar-refractivity contribution < 1.29 is 14.6 Å². The summed E-state index contributed by atoms with van der Waals surface area (Å²) in [6, 6.07) is 0. The van der Waals surface area contributed by atoms with Crippen LogP contribution in [0.1, 0.15) is 245 Å². The molecule has 0 heterocycles. The molecule has 0 radical (unpaired) electrons. The molecule has 0 bridgehead atoms.